The number of nitrogens with one attached hydrogen (secondary N) is 1. The van der Waals surface area contributed by atoms with Gasteiger partial charge < -0.3 is 10.4 Å². The summed E-state index contributed by atoms with van der Waals surface area (Å²) in [6, 6.07) is 3.39. The van der Waals surface area contributed by atoms with Crippen LogP contribution in [0.3, 0.4) is 0 Å². The lowest BCUT2D eigenvalue weighted by Gasteiger charge is -2.22. The maximum absolute atomic E-state index is 11.7. The van der Waals surface area contributed by atoms with Gasteiger partial charge in [-0.2, -0.15) is 0 Å². The Hall–Kier alpha value is -0.940. The topological polar surface area (TPSA) is 62.2 Å². The Kier molecular flexibility index (Phi) is 5.28. The van der Waals surface area contributed by atoms with Gasteiger partial charge in [-0.1, -0.05) is 20.8 Å². The van der Waals surface area contributed by atoms with Crippen LogP contribution >= 0.6 is 15.9 Å². The molecule has 2 N–H and O–H groups in total. The van der Waals surface area contributed by atoms with E-state index in [2.05, 4.69) is 47.0 Å². The largest absolute Gasteiger partial charge is 0.391 e. The van der Waals surface area contributed by atoms with Crippen molar-refractivity contribution in [1.82, 2.24) is 10.3 Å². The molecule has 100 valence electrons. The fraction of sp³-hybridized carbons (Fsp3) is 0.538. The Morgan fingerprint density at radius 2 is 2.17 bits per heavy atom. The second-order valence-electron chi connectivity index (χ2n) is 5.50. The molecule has 0 fully saturated rings. The highest BCUT2D eigenvalue weighted by atomic mass is 79.9. The van der Waals surface area contributed by atoms with Crippen LogP contribution in [0.5, 0.6) is 0 Å². The van der Waals surface area contributed by atoms with Crippen molar-refractivity contribution >= 4 is 21.8 Å². The number of carbonyl (C=O) groups is 1. The number of carbonyl (C=O) groups excluding carboxylic acids is 1. The molecule has 0 spiro atoms. The predicted octanol–water partition coefficient (Wildman–Crippen LogP) is 2.37. The van der Waals surface area contributed by atoms with Crippen molar-refractivity contribution in [1.29, 1.82) is 0 Å². The summed E-state index contributed by atoms with van der Waals surface area (Å²) in [6.45, 7) is 6.41. The molecule has 0 saturated carbocycles. The highest BCUT2D eigenvalue weighted by molar-refractivity contribution is 9.10. The second kappa shape index (κ2) is 6.29. The first-order chi connectivity index (χ1) is 8.28. The highest BCUT2D eigenvalue weighted by Gasteiger charge is 2.17. The molecule has 1 rings (SSSR count). The minimum atomic E-state index is -0.530. The van der Waals surface area contributed by atoms with E-state index in [0.29, 0.717) is 16.6 Å². The van der Waals surface area contributed by atoms with Crippen molar-refractivity contribution in [3.63, 3.8) is 0 Å². The van der Waals surface area contributed by atoms with Crippen molar-refractivity contribution < 1.29 is 9.90 Å². The third-order valence-electron chi connectivity index (χ3n) is 2.34. The summed E-state index contributed by atoms with van der Waals surface area (Å²) in [7, 11) is 0. The number of aliphatic hydroxyl groups is 1. The van der Waals surface area contributed by atoms with E-state index in [1.165, 1.54) is 6.20 Å². The van der Waals surface area contributed by atoms with Gasteiger partial charge in [0.15, 0.2) is 0 Å². The molecule has 0 radical (unpaired) electrons. The van der Waals surface area contributed by atoms with E-state index in [-0.39, 0.29) is 17.9 Å². The Morgan fingerprint density at radius 3 is 2.67 bits per heavy atom. The van der Waals surface area contributed by atoms with Crippen molar-refractivity contribution in [2.75, 3.05) is 6.54 Å². The molecule has 1 heterocycles. The van der Waals surface area contributed by atoms with Crippen LogP contribution in [0.4, 0.5) is 0 Å². The number of halogens is 1. The summed E-state index contributed by atoms with van der Waals surface area (Å²) in [5, 5.41) is 12.5. The standard InChI is InChI=1S/C13H19BrN2O2/c1-13(2,3)6-10(17)8-16-12(18)9-4-5-11(14)15-7-9/h4-5,7,10,17H,6,8H2,1-3H3,(H,16,18). The number of aromatic nitrogens is 1. The van der Waals surface area contributed by atoms with Gasteiger partial charge in [-0.15, -0.1) is 0 Å². The summed E-state index contributed by atoms with van der Waals surface area (Å²) in [4.78, 5) is 15.7. The maximum Gasteiger partial charge on any atom is 0.252 e. The van der Waals surface area contributed by atoms with Crippen LogP contribution in [0.2, 0.25) is 0 Å². The van der Waals surface area contributed by atoms with Gasteiger partial charge in [-0.3, -0.25) is 4.79 Å². The monoisotopic (exact) mass is 314 g/mol. The lowest BCUT2D eigenvalue weighted by molar-refractivity contribution is 0.0868. The highest BCUT2D eigenvalue weighted by Crippen LogP contribution is 2.20. The summed E-state index contributed by atoms with van der Waals surface area (Å²) in [5.74, 6) is -0.219. The first kappa shape index (κ1) is 15.1. The quantitative estimate of drug-likeness (QED) is 0.839. The number of hydrogen-bond donors (Lipinski definition) is 2. The fourth-order valence-electron chi connectivity index (χ4n) is 1.60. The van der Waals surface area contributed by atoms with Gasteiger partial charge in [0, 0.05) is 12.7 Å². The van der Waals surface area contributed by atoms with Crippen LogP contribution in [0.15, 0.2) is 22.9 Å². The third-order valence-corrected chi connectivity index (χ3v) is 2.80. The zero-order valence-electron chi connectivity index (χ0n) is 10.9. The molecule has 1 atom stereocenters. The van der Waals surface area contributed by atoms with E-state index >= 15 is 0 Å². The summed E-state index contributed by atoms with van der Waals surface area (Å²) in [6.07, 6.45) is 1.61. The van der Waals surface area contributed by atoms with Crippen LogP contribution in [0.25, 0.3) is 0 Å². The molecule has 0 aliphatic heterocycles. The van der Waals surface area contributed by atoms with E-state index in [1.807, 2.05) is 0 Å². The SMILES string of the molecule is CC(C)(C)CC(O)CNC(=O)c1ccc(Br)nc1. The van der Waals surface area contributed by atoms with Crippen molar-refractivity contribution in [2.24, 2.45) is 5.41 Å². The molecule has 4 nitrogen and oxygen atoms in total. The van der Waals surface area contributed by atoms with Crippen molar-refractivity contribution in [2.45, 2.75) is 33.3 Å². The molecule has 0 aliphatic carbocycles. The minimum absolute atomic E-state index is 0.0450. The maximum atomic E-state index is 11.7. The fourth-order valence-corrected chi connectivity index (χ4v) is 1.84. The van der Waals surface area contributed by atoms with Gasteiger partial charge in [-0.25, -0.2) is 4.98 Å². The Morgan fingerprint density at radius 1 is 1.50 bits per heavy atom. The number of aliphatic hydroxyl groups excluding tert-OH is 1. The normalized spacial score (nSPS) is 13.2. The minimum Gasteiger partial charge on any atom is -0.391 e. The summed E-state index contributed by atoms with van der Waals surface area (Å²) >= 11 is 3.21. The Labute approximate surface area is 116 Å². The second-order valence-corrected chi connectivity index (χ2v) is 6.31. The third kappa shape index (κ3) is 5.60. The average Bonchev–Trinajstić information content (AvgIpc) is 2.24. The van der Waals surface area contributed by atoms with Gasteiger partial charge in [0.05, 0.1) is 11.7 Å². The van der Waals surface area contributed by atoms with Crippen molar-refractivity contribution in [3.8, 4) is 0 Å². The first-order valence-corrected chi connectivity index (χ1v) is 6.65. The van der Waals surface area contributed by atoms with Crippen molar-refractivity contribution in [3.05, 3.63) is 28.5 Å². The molecule has 0 aliphatic rings. The number of pyridine rings is 1. The van der Waals surface area contributed by atoms with Crippen LogP contribution in [-0.2, 0) is 0 Å². The molecule has 0 saturated heterocycles. The number of amides is 1. The molecule has 1 unspecified atom stereocenters. The molecule has 0 aromatic carbocycles. The molecule has 0 bridgehead atoms. The van der Waals surface area contributed by atoms with Gasteiger partial charge in [-0.05, 0) is 39.9 Å². The van der Waals surface area contributed by atoms with Gasteiger partial charge >= 0.3 is 0 Å². The van der Waals surface area contributed by atoms with Gasteiger partial charge in [0.1, 0.15) is 4.60 Å². The van der Waals surface area contributed by atoms with E-state index in [4.69, 9.17) is 0 Å². The molecule has 1 aromatic rings. The smallest absolute Gasteiger partial charge is 0.252 e. The molecule has 1 amide bonds. The van der Waals surface area contributed by atoms with Gasteiger partial charge in [0.2, 0.25) is 0 Å². The van der Waals surface area contributed by atoms with Crippen LogP contribution in [-0.4, -0.2) is 28.6 Å². The molecular weight excluding hydrogens is 296 g/mol. The predicted molar refractivity (Wildman–Crippen MR) is 74.3 cm³/mol. The molecule has 18 heavy (non-hydrogen) atoms. The van der Waals surface area contributed by atoms with E-state index in [1.54, 1.807) is 12.1 Å². The zero-order chi connectivity index (χ0) is 13.8. The number of hydrogen-bond acceptors (Lipinski definition) is 3. The lowest BCUT2D eigenvalue weighted by atomic mass is 9.89. The summed E-state index contributed by atoms with van der Waals surface area (Å²) < 4.78 is 0.687. The van der Waals surface area contributed by atoms with Gasteiger partial charge in [0.25, 0.3) is 5.91 Å². The van der Waals surface area contributed by atoms with Crippen LogP contribution < -0.4 is 5.32 Å². The number of rotatable bonds is 4. The van der Waals surface area contributed by atoms with Crippen LogP contribution in [0.1, 0.15) is 37.6 Å². The Balaban J connectivity index is 2.44. The Bertz CT molecular complexity index is 398. The lowest BCUT2D eigenvalue weighted by Crippen LogP contribution is -2.34. The van der Waals surface area contributed by atoms with Crippen LogP contribution in [0, 0.1) is 5.41 Å². The number of nitrogens with zero attached hydrogens (tertiary/aromatic N) is 1. The summed E-state index contributed by atoms with van der Waals surface area (Å²) in [5.41, 5.74) is 0.532. The zero-order valence-corrected chi connectivity index (χ0v) is 12.5. The average molecular weight is 315 g/mol. The molecular formula is C13H19BrN2O2. The van der Waals surface area contributed by atoms with E-state index in [9.17, 15) is 9.90 Å². The van der Waals surface area contributed by atoms with E-state index in [0.717, 1.165) is 0 Å². The molecule has 1 aromatic heterocycles. The van der Waals surface area contributed by atoms with E-state index < -0.39 is 6.10 Å². The molecule has 5 heteroatoms. The first-order valence-electron chi connectivity index (χ1n) is 5.86.